The fraction of sp³-hybridized carbons (Fsp3) is 0.733. The van der Waals surface area contributed by atoms with Crippen LogP contribution in [0.25, 0.3) is 0 Å². The fourth-order valence-electron chi connectivity index (χ4n) is 3.61. The predicted octanol–water partition coefficient (Wildman–Crippen LogP) is 1.89. The average molecular weight is 326 g/mol. The summed E-state index contributed by atoms with van der Waals surface area (Å²) >= 11 is 5.90. The summed E-state index contributed by atoms with van der Waals surface area (Å²) in [5.41, 5.74) is 5.62. The van der Waals surface area contributed by atoms with Gasteiger partial charge in [-0.25, -0.2) is 4.98 Å². The lowest BCUT2D eigenvalue weighted by atomic mass is 9.89. The highest BCUT2D eigenvalue weighted by Gasteiger charge is 2.31. The quantitative estimate of drug-likeness (QED) is 0.736. The Morgan fingerprint density at radius 3 is 2.59 bits per heavy atom. The minimum absolute atomic E-state index is 0.154. The number of aliphatic hydroxyl groups excluding tert-OH is 1. The molecule has 1 aromatic rings. The Labute approximate surface area is 136 Å². The highest BCUT2D eigenvalue weighted by atomic mass is 35.5. The minimum Gasteiger partial charge on any atom is -0.391 e. The molecule has 1 saturated heterocycles. The third kappa shape index (κ3) is 3.80. The van der Waals surface area contributed by atoms with E-state index in [1.165, 1.54) is 6.42 Å². The van der Waals surface area contributed by atoms with Crippen LogP contribution < -0.4 is 11.1 Å². The smallest absolute Gasteiger partial charge is 0.223 e. The second kappa shape index (κ2) is 6.98. The molecule has 0 spiro atoms. The van der Waals surface area contributed by atoms with Crippen molar-refractivity contribution in [3.63, 3.8) is 0 Å². The van der Waals surface area contributed by atoms with Crippen LogP contribution in [0.3, 0.4) is 0 Å². The number of nitrogens with one attached hydrogen (secondary N) is 1. The molecular weight excluding hydrogens is 302 g/mol. The molecule has 6 nitrogen and oxygen atoms in total. The molecule has 0 aromatic carbocycles. The topological polar surface area (TPSA) is 87.3 Å². The Morgan fingerprint density at radius 1 is 1.18 bits per heavy atom. The van der Waals surface area contributed by atoms with Crippen molar-refractivity contribution in [1.29, 1.82) is 0 Å². The molecule has 0 bridgehead atoms. The highest BCUT2D eigenvalue weighted by Crippen LogP contribution is 2.26. The number of nitrogens with two attached hydrogens (primary N) is 1. The molecule has 1 aliphatic heterocycles. The molecule has 4 N–H and O–H groups in total. The van der Waals surface area contributed by atoms with E-state index in [0.717, 1.165) is 45.2 Å². The number of halogens is 1. The Bertz CT molecular complexity index is 486. The number of likely N-dealkylation sites (tertiary alicyclic amines) is 1. The lowest BCUT2D eigenvalue weighted by Gasteiger charge is -2.41. The van der Waals surface area contributed by atoms with Crippen LogP contribution in [0, 0.1) is 0 Å². The predicted molar refractivity (Wildman–Crippen MR) is 87.9 cm³/mol. The number of aromatic nitrogens is 2. The normalized spacial score (nSPS) is 27.7. The van der Waals surface area contributed by atoms with Gasteiger partial charge in [0.05, 0.1) is 6.10 Å². The highest BCUT2D eigenvalue weighted by molar-refractivity contribution is 6.29. The Hall–Kier alpha value is -1.11. The van der Waals surface area contributed by atoms with Crippen molar-refractivity contribution in [3.8, 4) is 0 Å². The summed E-state index contributed by atoms with van der Waals surface area (Å²) in [5.74, 6) is 0.881. The maximum atomic E-state index is 10.2. The van der Waals surface area contributed by atoms with Gasteiger partial charge in [-0.05, 0) is 25.7 Å². The van der Waals surface area contributed by atoms with E-state index in [1.54, 1.807) is 6.07 Å². The first-order valence-electron chi connectivity index (χ1n) is 8.10. The SMILES string of the molecule is Nc1nc(Cl)cc(NC2CCN(C3CCCCC3O)CC2)n1. The molecule has 1 aromatic heterocycles. The zero-order valence-electron chi connectivity index (χ0n) is 12.7. The van der Waals surface area contributed by atoms with Crippen molar-refractivity contribution in [2.75, 3.05) is 24.1 Å². The summed E-state index contributed by atoms with van der Waals surface area (Å²) in [6, 6.07) is 2.41. The van der Waals surface area contributed by atoms with Crippen LogP contribution in [-0.4, -0.2) is 51.3 Å². The van der Waals surface area contributed by atoms with Crippen LogP contribution in [-0.2, 0) is 0 Å². The first kappa shape index (κ1) is 15.8. The van der Waals surface area contributed by atoms with Crippen molar-refractivity contribution >= 4 is 23.4 Å². The molecule has 1 aliphatic carbocycles. The zero-order valence-corrected chi connectivity index (χ0v) is 13.5. The molecule has 2 unspecified atom stereocenters. The van der Waals surface area contributed by atoms with E-state index in [4.69, 9.17) is 17.3 Å². The Kier molecular flexibility index (Phi) is 5.00. The van der Waals surface area contributed by atoms with Gasteiger partial charge in [-0.3, -0.25) is 4.90 Å². The number of hydrogen-bond acceptors (Lipinski definition) is 6. The summed E-state index contributed by atoms with van der Waals surface area (Å²) < 4.78 is 0. The monoisotopic (exact) mass is 325 g/mol. The van der Waals surface area contributed by atoms with Crippen LogP contribution in [0.5, 0.6) is 0 Å². The number of hydrogen-bond donors (Lipinski definition) is 3. The molecule has 2 fully saturated rings. The maximum absolute atomic E-state index is 10.2. The lowest BCUT2D eigenvalue weighted by molar-refractivity contribution is 0.00992. The summed E-state index contributed by atoms with van der Waals surface area (Å²) in [5, 5.41) is 13.9. The average Bonchev–Trinajstić information content (AvgIpc) is 2.48. The van der Waals surface area contributed by atoms with Crippen LogP contribution in [0.4, 0.5) is 11.8 Å². The number of nitrogens with zero attached hydrogens (tertiary/aromatic N) is 3. The summed E-state index contributed by atoms with van der Waals surface area (Å²) in [6.07, 6.45) is 6.37. The van der Waals surface area contributed by atoms with E-state index in [9.17, 15) is 5.11 Å². The number of anilines is 2. The van der Waals surface area contributed by atoms with Gasteiger partial charge >= 0.3 is 0 Å². The van der Waals surface area contributed by atoms with Crippen LogP contribution in [0.1, 0.15) is 38.5 Å². The third-order valence-electron chi connectivity index (χ3n) is 4.76. The van der Waals surface area contributed by atoms with Crippen molar-refractivity contribution < 1.29 is 5.11 Å². The fourth-order valence-corrected chi connectivity index (χ4v) is 3.80. The first-order chi connectivity index (χ1) is 10.6. The summed E-state index contributed by atoms with van der Waals surface area (Å²) in [7, 11) is 0. The maximum Gasteiger partial charge on any atom is 0.223 e. The third-order valence-corrected chi connectivity index (χ3v) is 4.95. The largest absolute Gasteiger partial charge is 0.391 e. The minimum atomic E-state index is -0.154. The first-order valence-corrected chi connectivity index (χ1v) is 8.48. The summed E-state index contributed by atoms with van der Waals surface area (Å²) in [6.45, 7) is 2.02. The van der Waals surface area contributed by atoms with Gasteiger partial charge in [0.2, 0.25) is 5.95 Å². The van der Waals surface area contributed by atoms with Gasteiger partial charge in [0.15, 0.2) is 0 Å². The van der Waals surface area contributed by atoms with E-state index in [-0.39, 0.29) is 12.1 Å². The van der Waals surface area contributed by atoms with E-state index >= 15 is 0 Å². The number of piperidine rings is 1. The molecule has 7 heteroatoms. The Balaban J connectivity index is 1.53. The van der Waals surface area contributed by atoms with Crippen molar-refractivity contribution in [1.82, 2.24) is 14.9 Å². The second-order valence-electron chi connectivity index (χ2n) is 6.31. The molecule has 1 saturated carbocycles. The molecule has 2 aliphatic rings. The molecule has 0 amide bonds. The van der Waals surface area contributed by atoms with Gasteiger partial charge in [0.1, 0.15) is 11.0 Å². The molecular formula is C15H24ClN5O. The molecule has 122 valence electrons. The van der Waals surface area contributed by atoms with Gasteiger partial charge < -0.3 is 16.2 Å². The molecule has 3 rings (SSSR count). The van der Waals surface area contributed by atoms with Gasteiger partial charge in [-0.2, -0.15) is 4.98 Å². The number of nitrogen functional groups attached to an aromatic ring is 1. The lowest BCUT2D eigenvalue weighted by Crippen LogP contribution is -2.50. The molecule has 2 atom stereocenters. The van der Waals surface area contributed by atoms with E-state index in [1.807, 2.05) is 0 Å². The van der Waals surface area contributed by atoms with E-state index in [0.29, 0.717) is 23.1 Å². The van der Waals surface area contributed by atoms with Crippen LogP contribution in [0.15, 0.2) is 6.07 Å². The van der Waals surface area contributed by atoms with Crippen LogP contribution in [0.2, 0.25) is 5.15 Å². The number of rotatable bonds is 3. The van der Waals surface area contributed by atoms with Gasteiger partial charge in [0, 0.05) is 31.2 Å². The van der Waals surface area contributed by atoms with E-state index in [2.05, 4.69) is 20.2 Å². The van der Waals surface area contributed by atoms with Crippen molar-refractivity contribution in [2.24, 2.45) is 0 Å². The summed E-state index contributed by atoms with van der Waals surface area (Å²) in [4.78, 5) is 10.5. The zero-order chi connectivity index (χ0) is 15.5. The van der Waals surface area contributed by atoms with Gasteiger partial charge in [-0.1, -0.05) is 24.4 Å². The Morgan fingerprint density at radius 2 is 1.91 bits per heavy atom. The van der Waals surface area contributed by atoms with Gasteiger partial charge in [0.25, 0.3) is 0 Å². The number of aliphatic hydroxyl groups is 1. The van der Waals surface area contributed by atoms with Crippen molar-refractivity contribution in [3.05, 3.63) is 11.2 Å². The van der Waals surface area contributed by atoms with Crippen LogP contribution >= 0.6 is 11.6 Å². The standard InChI is InChI=1S/C15H24ClN5O/c16-13-9-14(20-15(17)19-13)18-10-5-7-21(8-6-10)11-3-1-2-4-12(11)22/h9-12,22H,1-8H2,(H3,17,18,19,20). The van der Waals surface area contributed by atoms with E-state index < -0.39 is 0 Å². The molecule has 2 heterocycles. The molecule has 22 heavy (non-hydrogen) atoms. The van der Waals surface area contributed by atoms with Gasteiger partial charge in [-0.15, -0.1) is 0 Å². The van der Waals surface area contributed by atoms with Crippen molar-refractivity contribution in [2.45, 2.75) is 56.7 Å². The second-order valence-corrected chi connectivity index (χ2v) is 6.70. The molecule has 0 radical (unpaired) electrons.